The number of H-pyrrole nitrogens is 2. The molecule has 0 bridgehead atoms. The van der Waals surface area contributed by atoms with Gasteiger partial charge in [-0.1, -0.05) is 30.3 Å². The minimum Gasteiger partial charge on any atom is -0.358 e. The number of ketones is 1. The number of hydrogen-bond acceptors (Lipinski definition) is 3. The molecule has 1 unspecified atom stereocenters. The smallest absolute Gasteiger partial charge is 0.326 e. The van der Waals surface area contributed by atoms with Crippen molar-refractivity contribution in [1.82, 2.24) is 19.4 Å². The van der Waals surface area contributed by atoms with Gasteiger partial charge in [-0.2, -0.15) is 0 Å². The molecule has 2 aromatic carbocycles. The first-order valence-electron chi connectivity index (χ1n) is 10.6. The maximum atomic E-state index is 13.4. The number of carbonyl (C=O) groups excluding carboxylic acids is 1. The maximum absolute atomic E-state index is 13.4. The number of Topliss-reactive ketones (excluding diaryl/α,β-unsaturated/α-hetero) is 1. The summed E-state index contributed by atoms with van der Waals surface area (Å²) in [5.41, 5.74) is 4.51. The van der Waals surface area contributed by atoms with Crippen LogP contribution in [0.1, 0.15) is 41.9 Å². The molecule has 2 aromatic heterocycles. The molecule has 1 aliphatic rings. The average Bonchev–Trinajstić information content (AvgIpc) is 3.28. The largest absolute Gasteiger partial charge is 0.358 e. The molecule has 0 radical (unpaired) electrons. The third-order valence-electron chi connectivity index (χ3n) is 6.56. The highest BCUT2D eigenvalue weighted by Gasteiger charge is 2.30. The van der Waals surface area contributed by atoms with E-state index < -0.39 is 0 Å². The van der Waals surface area contributed by atoms with Crippen molar-refractivity contribution in [2.24, 2.45) is 0 Å². The minimum absolute atomic E-state index is 0.0480. The van der Waals surface area contributed by atoms with Gasteiger partial charge in [-0.15, -0.1) is 0 Å². The van der Waals surface area contributed by atoms with Crippen molar-refractivity contribution in [2.45, 2.75) is 38.8 Å². The van der Waals surface area contributed by atoms with E-state index in [-0.39, 0.29) is 23.6 Å². The molecule has 0 amide bonds. The van der Waals surface area contributed by atoms with Crippen LogP contribution in [0.5, 0.6) is 0 Å². The van der Waals surface area contributed by atoms with Crippen LogP contribution in [0.25, 0.3) is 21.9 Å². The SMILES string of the molecule is Cc1[nH]c2ccccc2c1C(=O)C(C)N1CCC(n2c(=O)[nH]c3ccccc32)CC1. The summed E-state index contributed by atoms with van der Waals surface area (Å²) < 4.78 is 1.89. The lowest BCUT2D eigenvalue weighted by molar-refractivity contribution is 0.0777. The summed E-state index contributed by atoms with van der Waals surface area (Å²) in [6.07, 6.45) is 1.71. The maximum Gasteiger partial charge on any atom is 0.326 e. The van der Waals surface area contributed by atoms with Crippen molar-refractivity contribution < 1.29 is 4.79 Å². The molecule has 5 rings (SSSR count). The number of aromatic amines is 2. The van der Waals surface area contributed by atoms with Gasteiger partial charge in [0.2, 0.25) is 0 Å². The number of aromatic nitrogens is 3. The highest BCUT2D eigenvalue weighted by molar-refractivity contribution is 6.11. The van der Waals surface area contributed by atoms with Crippen molar-refractivity contribution in [2.75, 3.05) is 13.1 Å². The molecule has 1 atom stereocenters. The Kier molecular flexibility index (Phi) is 4.59. The molecule has 3 heterocycles. The van der Waals surface area contributed by atoms with Gasteiger partial charge in [0, 0.05) is 41.3 Å². The molecule has 0 spiro atoms. The Hall–Kier alpha value is -3.12. The third-order valence-corrected chi connectivity index (χ3v) is 6.56. The van der Waals surface area contributed by atoms with E-state index in [4.69, 9.17) is 0 Å². The zero-order valence-electron chi connectivity index (χ0n) is 17.3. The fourth-order valence-electron chi connectivity index (χ4n) is 4.94. The van der Waals surface area contributed by atoms with Crippen molar-refractivity contribution >= 4 is 27.7 Å². The van der Waals surface area contributed by atoms with Gasteiger partial charge < -0.3 is 9.97 Å². The first-order valence-corrected chi connectivity index (χ1v) is 10.6. The van der Waals surface area contributed by atoms with Crippen LogP contribution in [0.3, 0.4) is 0 Å². The van der Waals surface area contributed by atoms with Crippen LogP contribution in [0.2, 0.25) is 0 Å². The summed E-state index contributed by atoms with van der Waals surface area (Å²) in [6, 6.07) is 15.8. The number of benzene rings is 2. The molecular weight excluding hydrogens is 376 g/mol. The Morgan fingerprint density at radius 2 is 1.67 bits per heavy atom. The number of imidazole rings is 1. The predicted octanol–water partition coefficient (Wildman–Crippen LogP) is 4.03. The number of aryl methyl sites for hydroxylation is 1. The number of hydrogen-bond donors (Lipinski definition) is 2. The number of piperidine rings is 1. The predicted molar refractivity (Wildman–Crippen MR) is 119 cm³/mol. The van der Waals surface area contributed by atoms with E-state index in [2.05, 4.69) is 14.9 Å². The summed E-state index contributed by atoms with van der Waals surface area (Å²) in [6.45, 7) is 5.56. The Bertz CT molecular complexity index is 1290. The number of rotatable bonds is 4. The molecule has 154 valence electrons. The summed E-state index contributed by atoms with van der Waals surface area (Å²) >= 11 is 0. The van der Waals surface area contributed by atoms with Crippen LogP contribution in [-0.2, 0) is 0 Å². The number of nitrogens with zero attached hydrogens (tertiary/aromatic N) is 2. The van der Waals surface area contributed by atoms with Crippen LogP contribution < -0.4 is 5.69 Å². The normalized spacial score (nSPS) is 17.0. The zero-order chi connectivity index (χ0) is 20.8. The molecule has 0 saturated carbocycles. The van der Waals surface area contributed by atoms with E-state index in [0.717, 1.165) is 59.1 Å². The van der Waals surface area contributed by atoms with Gasteiger partial charge in [-0.25, -0.2) is 4.79 Å². The third kappa shape index (κ3) is 2.99. The van der Waals surface area contributed by atoms with Crippen LogP contribution in [0.4, 0.5) is 0 Å². The second-order valence-electron chi connectivity index (χ2n) is 8.30. The van der Waals surface area contributed by atoms with Crippen molar-refractivity contribution in [3.8, 4) is 0 Å². The van der Waals surface area contributed by atoms with Crippen molar-refractivity contribution in [1.29, 1.82) is 0 Å². The van der Waals surface area contributed by atoms with Gasteiger partial charge in [-0.05, 0) is 44.9 Å². The highest BCUT2D eigenvalue weighted by Crippen LogP contribution is 2.28. The molecule has 6 nitrogen and oxygen atoms in total. The summed E-state index contributed by atoms with van der Waals surface area (Å²) in [7, 11) is 0. The standard InChI is InChI=1S/C24H26N4O2/c1-15-22(18-7-3-4-8-19(18)25-15)23(29)16(2)27-13-11-17(12-14-27)28-21-10-6-5-9-20(21)26-24(28)30/h3-10,16-17,25H,11-14H2,1-2H3,(H,26,30). The fraction of sp³-hybridized carbons (Fsp3) is 0.333. The number of fused-ring (bicyclic) bond motifs is 2. The number of para-hydroxylation sites is 3. The Balaban J connectivity index is 1.35. The first-order chi connectivity index (χ1) is 14.5. The zero-order valence-corrected chi connectivity index (χ0v) is 17.3. The highest BCUT2D eigenvalue weighted by atomic mass is 16.1. The second-order valence-corrected chi connectivity index (χ2v) is 8.30. The van der Waals surface area contributed by atoms with Crippen molar-refractivity contribution in [3.63, 3.8) is 0 Å². The van der Waals surface area contributed by atoms with Gasteiger partial charge in [0.15, 0.2) is 5.78 Å². The van der Waals surface area contributed by atoms with Crippen LogP contribution in [0, 0.1) is 6.92 Å². The molecule has 30 heavy (non-hydrogen) atoms. The van der Waals surface area contributed by atoms with Crippen molar-refractivity contribution in [3.05, 3.63) is 70.3 Å². The van der Waals surface area contributed by atoms with Gasteiger partial charge in [0.1, 0.15) is 0 Å². The molecule has 0 aliphatic carbocycles. The van der Waals surface area contributed by atoms with Gasteiger partial charge >= 0.3 is 5.69 Å². The Labute approximate surface area is 174 Å². The molecule has 6 heteroatoms. The van der Waals surface area contributed by atoms with E-state index in [1.54, 1.807) is 0 Å². The number of carbonyl (C=O) groups is 1. The fourth-order valence-corrected chi connectivity index (χ4v) is 4.94. The quantitative estimate of drug-likeness (QED) is 0.506. The Morgan fingerprint density at radius 1 is 1.00 bits per heavy atom. The van der Waals surface area contributed by atoms with E-state index in [1.807, 2.05) is 66.9 Å². The van der Waals surface area contributed by atoms with Crippen LogP contribution in [0.15, 0.2) is 53.3 Å². The lowest BCUT2D eigenvalue weighted by Gasteiger charge is -2.35. The Morgan fingerprint density at radius 3 is 2.43 bits per heavy atom. The number of nitrogens with one attached hydrogen (secondary N) is 2. The van der Waals surface area contributed by atoms with Gasteiger partial charge in [-0.3, -0.25) is 14.3 Å². The lowest BCUT2D eigenvalue weighted by atomic mass is 9.97. The van der Waals surface area contributed by atoms with E-state index in [9.17, 15) is 9.59 Å². The van der Waals surface area contributed by atoms with Gasteiger partial charge in [0.05, 0.1) is 17.1 Å². The van der Waals surface area contributed by atoms with Crippen LogP contribution >= 0.6 is 0 Å². The number of likely N-dealkylation sites (tertiary alicyclic amines) is 1. The van der Waals surface area contributed by atoms with E-state index in [1.165, 1.54) is 0 Å². The van der Waals surface area contributed by atoms with Crippen LogP contribution in [-0.4, -0.2) is 44.3 Å². The molecule has 1 saturated heterocycles. The molecule has 1 fully saturated rings. The summed E-state index contributed by atoms with van der Waals surface area (Å²) in [5.74, 6) is 0.160. The summed E-state index contributed by atoms with van der Waals surface area (Å²) in [4.78, 5) is 34.4. The molecule has 4 aromatic rings. The summed E-state index contributed by atoms with van der Waals surface area (Å²) in [5, 5.41) is 0.993. The monoisotopic (exact) mass is 402 g/mol. The topological polar surface area (TPSA) is 73.9 Å². The van der Waals surface area contributed by atoms with E-state index >= 15 is 0 Å². The minimum atomic E-state index is -0.191. The molecule has 1 aliphatic heterocycles. The second kappa shape index (κ2) is 7.29. The molecular formula is C24H26N4O2. The lowest BCUT2D eigenvalue weighted by Crippen LogP contribution is -2.45. The van der Waals surface area contributed by atoms with E-state index in [0.29, 0.717) is 0 Å². The first kappa shape index (κ1) is 18.9. The van der Waals surface area contributed by atoms with Gasteiger partial charge in [0.25, 0.3) is 0 Å². The molecule has 2 N–H and O–H groups in total. The average molecular weight is 402 g/mol.